The van der Waals surface area contributed by atoms with Crippen LogP contribution in [0.5, 0.6) is 11.5 Å². The molecule has 0 unspecified atom stereocenters. The van der Waals surface area contributed by atoms with Crippen molar-refractivity contribution >= 4 is 29.1 Å². The van der Waals surface area contributed by atoms with E-state index in [1.165, 1.54) is 19.1 Å². The van der Waals surface area contributed by atoms with Gasteiger partial charge in [-0.2, -0.15) is 0 Å². The lowest BCUT2D eigenvalue weighted by molar-refractivity contribution is -0.139. The van der Waals surface area contributed by atoms with Crippen LogP contribution in [0, 0.1) is 0 Å². The first-order valence-electron chi connectivity index (χ1n) is 10.2. The third-order valence-electron chi connectivity index (χ3n) is 5.37. The summed E-state index contributed by atoms with van der Waals surface area (Å²) < 4.78 is 10.6. The van der Waals surface area contributed by atoms with Crippen LogP contribution in [0.1, 0.15) is 23.6 Å². The zero-order chi connectivity index (χ0) is 23.4. The number of halogens is 1. The average molecular weight is 459 g/mol. The molecule has 7 nitrogen and oxygen atoms in total. The van der Waals surface area contributed by atoms with Gasteiger partial charge in [-0.3, -0.25) is 9.59 Å². The van der Waals surface area contributed by atoms with Crippen molar-refractivity contribution in [2.75, 3.05) is 41.4 Å². The number of nitrogens with zero attached hydrogens (tertiary/aromatic N) is 2. The molecule has 2 aromatic rings. The molecular weight excluding hydrogens is 432 g/mol. The van der Waals surface area contributed by atoms with Crippen molar-refractivity contribution in [3.8, 4) is 11.5 Å². The van der Waals surface area contributed by atoms with E-state index in [9.17, 15) is 14.7 Å². The van der Waals surface area contributed by atoms with E-state index in [4.69, 9.17) is 21.1 Å². The Morgan fingerprint density at radius 1 is 1.09 bits per heavy atom. The number of hydrogen-bond acceptors (Lipinski definition) is 6. The number of hydrogen-bond donors (Lipinski definition) is 1. The molecule has 1 N–H and O–H groups in total. The Morgan fingerprint density at radius 3 is 2.44 bits per heavy atom. The highest BCUT2D eigenvalue weighted by atomic mass is 35.5. The van der Waals surface area contributed by atoms with Gasteiger partial charge in [0.05, 0.1) is 25.8 Å². The van der Waals surface area contributed by atoms with Gasteiger partial charge in [-0.05, 0) is 63.0 Å². The van der Waals surface area contributed by atoms with Gasteiger partial charge in [0.1, 0.15) is 5.76 Å². The van der Waals surface area contributed by atoms with Gasteiger partial charge < -0.3 is 24.4 Å². The maximum Gasteiger partial charge on any atom is 0.295 e. The van der Waals surface area contributed by atoms with Gasteiger partial charge in [0.15, 0.2) is 11.5 Å². The standard InChI is InChI=1S/C24H27ClN2O5/c1-26(2)11-6-12-27-21(15-7-5-8-17(25)13-15)20(23(29)24(27)30)22(28)16-9-10-18(31-3)19(14-16)32-4/h5,7-10,13-14,21,28H,6,11-12H2,1-4H3/t21-/m0/s1. The molecule has 8 heteroatoms. The number of amides is 1. The molecule has 0 aromatic heterocycles. The van der Waals surface area contributed by atoms with Crippen molar-refractivity contribution in [1.29, 1.82) is 0 Å². The van der Waals surface area contributed by atoms with Gasteiger partial charge >= 0.3 is 0 Å². The lowest BCUT2D eigenvalue weighted by Crippen LogP contribution is -2.32. The molecule has 1 atom stereocenters. The van der Waals surface area contributed by atoms with E-state index >= 15 is 0 Å². The number of carbonyl (C=O) groups is 2. The maximum atomic E-state index is 13.1. The Balaban J connectivity index is 2.12. The molecule has 1 amide bonds. The number of methoxy groups -OCH3 is 2. The summed E-state index contributed by atoms with van der Waals surface area (Å²) >= 11 is 6.20. The normalized spacial score (nSPS) is 17.8. The number of ketones is 1. The fourth-order valence-corrected chi connectivity index (χ4v) is 4.03. The van der Waals surface area contributed by atoms with Crippen molar-refractivity contribution < 1.29 is 24.2 Å². The van der Waals surface area contributed by atoms with Crippen LogP contribution in [0.25, 0.3) is 5.76 Å². The third kappa shape index (κ3) is 4.74. The third-order valence-corrected chi connectivity index (χ3v) is 5.60. The van der Waals surface area contributed by atoms with Crippen LogP contribution < -0.4 is 9.47 Å². The van der Waals surface area contributed by atoms with E-state index in [0.29, 0.717) is 40.6 Å². The van der Waals surface area contributed by atoms with E-state index < -0.39 is 17.7 Å². The highest BCUT2D eigenvalue weighted by molar-refractivity contribution is 6.46. The minimum absolute atomic E-state index is 0.0225. The molecule has 0 bridgehead atoms. The summed E-state index contributed by atoms with van der Waals surface area (Å²) in [7, 11) is 6.88. The molecule has 1 aliphatic rings. The zero-order valence-electron chi connectivity index (χ0n) is 18.6. The van der Waals surface area contributed by atoms with E-state index in [1.807, 2.05) is 19.0 Å². The smallest absolute Gasteiger partial charge is 0.295 e. The Kier molecular flexibility index (Phi) is 7.43. The SMILES string of the molecule is COc1ccc(C(O)=C2C(=O)C(=O)N(CCCN(C)C)[C@H]2c2cccc(Cl)c2)cc1OC. The first-order chi connectivity index (χ1) is 15.3. The highest BCUT2D eigenvalue weighted by Crippen LogP contribution is 2.41. The molecule has 0 aliphatic carbocycles. The summed E-state index contributed by atoms with van der Waals surface area (Å²) in [5.41, 5.74) is 1.03. The lowest BCUT2D eigenvalue weighted by Gasteiger charge is -2.26. The number of likely N-dealkylation sites (tertiary alicyclic amines) is 1. The first kappa shape index (κ1) is 23.6. The second-order valence-corrected chi connectivity index (χ2v) is 8.21. The molecule has 0 saturated carbocycles. The number of benzene rings is 2. The monoisotopic (exact) mass is 458 g/mol. The lowest BCUT2D eigenvalue weighted by atomic mass is 9.95. The van der Waals surface area contributed by atoms with E-state index in [0.717, 1.165) is 6.54 Å². The topological polar surface area (TPSA) is 79.3 Å². The van der Waals surface area contributed by atoms with Crippen molar-refractivity contribution in [2.24, 2.45) is 0 Å². The summed E-state index contributed by atoms with van der Waals surface area (Å²) in [5, 5.41) is 11.6. The number of aliphatic hydroxyl groups is 1. The van der Waals surface area contributed by atoms with Crippen LogP contribution in [0.15, 0.2) is 48.0 Å². The number of carbonyl (C=O) groups excluding carboxylic acids is 2. The summed E-state index contributed by atoms with van der Waals surface area (Å²) in [5.74, 6) is -0.761. The molecule has 0 spiro atoms. The van der Waals surface area contributed by atoms with Crippen LogP contribution in [0.3, 0.4) is 0 Å². The van der Waals surface area contributed by atoms with Crippen molar-refractivity contribution in [3.63, 3.8) is 0 Å². The molecule has 1 aliphatic heterocycles. The first-order valence-corrected chi connectivity index (χ1v) is 10.6. The van der Waals surface area contributed by atoms with Gasteiger partial charge in [-0.25, -0.2) is 0 Å². The van der Waals surface area contributed by atoms with Gasteiger partial charge in [0.2, 0.25) is 0 Å². The highest BCUT2D eigenvalue weighted by Gasteiger charge is 2.45. The minimum atomic E-state index is -0.746. The Labute approximate surface area is 192 Å². The molecule has 3 rings (SSSR count). The van der Waals surface area contributed by atoms with Gasteiger partial charge in [-0.1, -0.05) is 23.7 Å². The Morgan fingerprint density at radius 2 is 1.81 bits per heavy atom. The largest absolute Gasteiger partial charge is 0.507 e. The zero-order valence-corrected chi connectivity index (χ0v) is 19.3. The molecule has 1 fully saturated rings. The van der Waals surface area contributed by atoms with Gasteiger partial charge in [-0.15, -0.1) is 0 Å². The summed E-state index contributed by atoms with van der Waals surface area (Å²) in [4.78, 5) is 29.5. The minimum Gasteiger partial charge on any atom is -0.507 e. The van der Waals surface area contributed by atoms with Crippen LogP contribution in [-0.2, 0) is 9.59 Å². The quantitative estimate of drug-likeness (QED) is 0.369. The van der Waals surface area contributed by atoms with Gasteiger partial charge in [0.25, 0.3) is 11.7 Å². The van der Waals surface area contributed by atoms with Crippen molar-refractivity contribution in [2.45, 2.75) is 12.5 Å². The van der Waals surface area contributed by atoms with Crippen LogP contribution in [-0.4, -0.2) is 68.0 Å². The van der Waals surface area contributed by atoms with Crippen molar-refractivity contribution in [3.05, 3.63) is 64.2 Å². The number of ether oxygens (including phenoxy) is 2. The molecule has 1 heterocycles. The predicted molar refractivity (Wildman–Crippen MR) is 123 cm³/mol. The Hall–Kier alpha value is -3.03. The fourth-order valence-electron chi connectivity index (χ4n) is 3.83. The van der Waals surface area contributed by atoms with E-state index in [1.54, 1.807) is 42.5 Å². The van der Waals surface area contributed by atoms with Crippen LogP contribution >= 0.6 is 11.6 Å². The second-order valence-electron chi connectivity index (χ2n) is 7.77. The maximum absolute atomic E-state index is 13.1. The molecule has 1 saturated heterocycles. The second kappa shape index (κ2) is 10.1. The average Bonchev–Trinajstić information content (AvgIpc) is 3.02. The van der Waals surface area contributed by atoms with E-state index in [-0.39, 0.29) is 11.3 Å². The Bertz CT molecular complexity index is 1050. The molecule has 32 heavy (non-hydrogen) atoms. The molecule has 0 radical (unpaired) electrons. The van der Waals surface area contributed by atoms with Crippen LogP contribution in [0.4, 0.5) is 0 Å². The van der Waals surface area contributed by atoms with E-state index in [2.05, 4.69) is 0 Å². The molecule has 2 aromatic carbocycles. The summed E-state index contributed by atoms with van der Waals surface area (Å²) in [6, 6.07) is 11.1. The number of rotatable bonds is 8. The van der Waals surface area contributed by atoms with Crippen molar-refractivity contribution in [1.82, 2.24) is 9.80 Å². The molecule has 170 valence electrons. The summed E-state index contributed by atoms with van der Waals surface area (Å²) in [6.45, 7) is 1.11. The summed E-state index contributed by atoms with van der Waals surface area (Å²) in [6.07, 6.45) is 0.674. The van der Waals surface area contributed by atoms with Crippen LogP contribution in [0.2, 0.25) is 5.02 Å². The number of aliphatic hydroxyl groups excluding tert-OH is 1. The predicted octanol–water partition coefficient (Wildman–Crippen LogP) is 3.73. The fraction of sp³-hybridized carbons (Fsp3) is 0.333. The molecular formula is C24H27ClN2O5. The number of Topliss-reactive ketones (excluding diaryl/α,β-unsaturated/α-hetero) is 1. The van der Waals surface area contributed by atoms with Gasteiger partial charge in [0, 0.05) is 17.1 Å².